The summed E-state index contributed by atoms with van der Waals surface area (Å²) in [5, 5.41) is 14.3. The first-order valence-electron chi connectivity index (χ1n) is 6.57. The molecule has 1 fully saturated rings. The predicted octanol–water partition coefficient (Wildman–Crippen LogP) is 1.67. The van der Waals surface area contributed by atoms with E-state index >= 15 is 0 Å². The number of halogens is 1. The fourth-order valence-corrected chi connectivity index (χ4v) is 3.85. The van der Waals surface area contributed by atoms with Crippen molar-refractivity contribution < 1.29 is 13.3 Å². The van der Waals surface area contributed by atoms with E-state index in [1.54, 1.807) is 0 Å². The quantitative estimate of drug-likeness (QED) is 0.644. The van der Waals surface area contributed by atoms with Crippen LogP contribution < -0.4 is 10.0 Å². The summed E-state index contributed by atoms with van der Waals surface area (Å²) in [6.45, 7) is 1.36. The van der Waals surface area contributed by atoms with Crippen molar-refractivity contribution in [3.63, 3.8) is 0 Å². The molecule has 1 aromatic carbocycles. The molecular weight excluding hydrogens is 318 g/mol. The Balaban J connectivity index is 2.28. The average Bonchev–Trinajstić information content (AvgIpc) is 2.66. The minimum atomic E-state index is -3.96. The Hall–Kier alpha value is -1.22. The molecule has 9 heteroatoms. The first kappa shape index (κ1) is 16.2. The molecule has 116 valence electrons. The van der Waals surface area contributed by atoms with E-state index in [1.807, 2.05) is 0 Å². The Morgan fingerprint density at radius 3 is 2.86 bits per heavy atom. The van der Waals surface area contributed by atoms with E-state index in [0.717, 1.165) is 31.5 Å². The lowest BCUT2D eigenvalue weighted by molar-refractivity contribution is -0.387. The minimum absolute atomic E-state index is 0.122. The van der Waals surface area contributed by atoms with Crippen molar-refractivity contribution in [2.24, 2.45) is 0 Å². The maximum Gasteiger partial charge on any atom is 0.290 e. The van der Waals surface area contributed by atoms with Crippen molar-refractivity contribution >= 4 is 27.3 Å². The fourth-order valence-electron chi connectivity index (χ4n) is 2.26. The summed E-state index contributed by atoms with van der Waals surface area (Å²) in [7, 11) is -3.96. The lowest BCUT2D eigenvalue weighted by atomic mass is 10.2. The van der Waals surface area contributed by atoms with Gasteiger partial charge in [-0.3, -0.25) is 10.1 Å². The van der Waals surface area contributed by atoms with Gasteiger partial charge in [0.1, 0.15) is 0 Å². The number of nitro benzene ring substituents is 1. The molecule has 7 nitrogen and oxygen atoms in total. The third-order valence-corrected chi connectivity index (χ3v) is 5.08. The van der Waals surface area contributed by atoms with Gasteiger partial charge in [0.25, 0.3) is 5.69 Å². The normalized spacial score (nSPS) is 20.0. The van der Waals surface area contributed by atoms with E-state index in [0.29, 0.717) is 13.0 Å². The summed E-state index contributed by atoms with van der Waals surface area (Å²) in [4.78, 5) is 9.91. The van der Waals surface area contributed by atoms with Crippen molar-refractivity contribution in [3.05, 3.63) is 33.3 Å². The molecule has 0 aliphatic carbocycles. The number of nitro groups is 1. The summed E-state index contributed by atoms with van der Waals surface area (Å²) in [6.07, 6.45) is 2.59. The molecule has 0 bridgehead atoms. The van der Waals surface area contributed by atoms with Crippen molar-refractivity contribution in [3.8, 4) is 0 Å². The van der Waals surface area contributed by atoms with Gasteiger partial charge in [-0.2, -0.15) is 0 Å². The molecule has 1 aromatic rings. The summed E-state index contributed by atoms with van der Waals surface area (Å²) >= 11 is 5.69. The zero-order valence-corrected chi connectivity index (χ0v) is 12.8. The van der Waals surface area contributed by atoms with Crippen LogP contribution in [0.3, 0.4) is 0 Å². The summed E-state index contributed by atoms with van der Waals surface area (Å²) < 4.78 is 27.3. The van der Waals surface area contributed by atoms with Crippen molar-refractivity contribution in [2.45, 2.75) is 30.2 Å². The van der Waals surface area contributed by atoms with Crippen LogP contribution in [0.2, 0.25) is 5.02 Å². The maximum absolute atomic E-state index is 12.4. The van der Waals surface area contributed by atoms with Gasteiger partial charge in [-0.25, -0.2) is 13.1 Å². The van der Waals surface area contributed by atoms with Crippen LogP contribution in [0.5, 0.6) is 0 Å². The van der Waals surface area contributed by atoms with Crippen LogP contribution in [-0.4, -0.2) is 32.5 Å². The molecule has 21 heavy (non-hydrogen) atoms. The molecule has 0 spiro atoms. The highest BCUT2D eigenvalue weighted by Gasteiger charge is 2.28. The average molecular weight is 334 g/mol. The van der Waals surface area contributed by atoms with Gasteiger partial charge in [0, 0.05) is 23.7 Å². The molecule has 1 aliphatic heterocycles. The van der Waals surface area contributed by atoms with Gasteiger partial charge in [0.2, 0.25) is 10.0 Å². The number of hydrogen-bond acceptors (Lipinski definition) is 5. The molecule has 0 saturated carbocycles. The Labute approximate surface area is 127 Å². The molecule has 2 N–H and O–H groups in total. The zero-order valence-electron chi connectivity index (χ0n) is 11.2. The van der Waals surface area contributed by atoms with Crippen molar-refractivity contribution in [1.82, 2.24) is 10.0 Å². The molecule has 2 rings (SSSR count). The van der Waals surface area contributed by atoms with Gasteiger partial charge < -0.3 is 5.32 Å². The summed E-state index contributed by atoms with van der Waals surface area (Å²) in [5.74, 6) is 0. The second kappa shape index (κ2) is 6.69. The van der Waals surface area contributed by atoms with Crippen LogP contribution in [-0.2, 0) is 10.0 Å². The third-order valence-electron chi connectivity index (χ3n) is 3.28. The predicted molar refractivity (Wildman–Crippen MR) is 78.9 cm³/mol. The van der Waals surface area contributed by atoms with E-state index in [9.17, 15) is 18.5 Å². The van der Waals surface area contributed by atoms with Crippen LogP contribution in [0.25, 0.3) is 0 Å². The smallest absolute Gasteiger partial charge is 0.290 e. The number of benzene rings is 1. The topological polar surface area (TPSA) is 101 Å². The van der Waals surface area contributed by atoms with Gasteiger partial charge in [-0.15, -0.1) is 0 Å². The van der Waals surface area contributed by atoms with E-state index in [4.69, 9.17) is 11.6 Å². The Kier molecular flexibility index (Phi) is 5.15. The molecule has 0 aromatic heterocycles. The minimum Gasteiger partial charge on any atom is -0.315 e. The molecule has 0 amide bonds. The number of sulfonamides is 1. The van der Waals surface area contributed by atoms with E-state index in [-0.39, 0.29) is 16.0 Å². The van der Waals surface area contributed by atoms with E-state index < -0.39 is 20.6 Å². The maximum atomic E-state index is 12.4. The number of rotatable bonds is 4. The highest BCUT2D eigenvalue weighted by molar-refractivity contribution is 7.89. The Morgan fingerprint density at radius 1 is 1.38 bits per heavy atom. The Bertz CT molecular complexity index is 627. The van der Waals surface area contributed by atoms with Crippen LogP contribution >= 0.6 is 11.6 Å². The van der Waals surface area contributed by atoms with Crippen LogP contribution in [0, 0.1) is 10.1 Å². The molecule has 1 aliphatic rings. The number of nitrogens with one attached hydrogen (secondary N) is 2. The highest BCUT2D eigenvalue weighted by atomic mass is 35.5. The molecule has 1 heterocycles. The lowest BCUT2D eigenvalue weighted by Gasteiger charge is -2.16. The molecule has 0 radical (unpaired) electrons. The largest absolute Gasteiger partial charge is 0.315 e. The molecule has 1 saturated heterocycles. The number of nitrogens with zero attached hydrogens (tertiary/aromatic N) is 1. The zero-order chi connectivity index (χ0) is 15.5. The summed E-state index contributed by atoms with van der Waals surface area (Å²) in [6, 6.07) is 3.26. The summed E-state index contributed by atoms with van der Waals surface area (Å²) in [5.41, 5.74) is -0.517. The van der Waals surface area contributed by atoms with Crippen molar-refractivity contribution in [1.29, 1.82) is 0 Å². The highest BCUT2D eigenvalue weighted by Crippen LogP contribution is 2.27. The van der Waals surface area contributed by atoms with Crippen LogP contribution in [0.1, 0.15) is 19.3 Å². The van der Waals surface area contributed by atoms with Crippen LogP contribution in [0.4, 0.5) is 5.69 Å². The lowest BCUT2D eigenvalue weighted by Crippen LogP contribution is -2.40. The van der Waals surface area contributed by atoms with Gasteiger partial charge in [-0.05, 0) is 31.5 Å². The number of hydrogen-bond donors (Lipinski definition) is 2. The standard InChI is InChI=1S/C12H16ClN3O4S/c13-9-4-5-12(11(7-9)16(17)18)21(19,20)15-10-3-1-2-6-14-8-10/h4-5,7,10,14-15H,1-3,6,8H2. The van der Waals surface area contributed by atoms with Gasteiger partial charge in [0.05, 0.1) is 4.92 Å². The SMILES string of the molecule is O=[N+]([O-])c1cc(Cl)ccc1S(=O)(=O)NC1CCCCNC1. The van der Waals surface area contributed by atoms with Gasteiger partial charge >= 0.3 is 0 Å². The second-order valence-corrected chi connectivity index (χ2v) is 7.01. The van der Waals surface area contributed by atoms with E-state index in [2.05, 4.69) is 10.0 Å². The first-order valence-corrected chi connectivity index (χ1v) is 8.43. The van der Waals surface area contributed by atoms with Gasteiger partial charge in [-0.1, -0.05) is 18.0 Å². The fraction of sp³-hybridized carbons (Fsp3) is 0.500. The molecular formula is C12H16ClN3O4S. The van der Waals surface area contributed by atoms with Crippen molar-refractivity contribution in [2.75, 3.05) is 13.1 Å². The van der Waals surface area contributed by atoms with Gasteiger partial charge in [0.15, 0.2) is 4.90 Å². The third kappa shape index (κ3) is 4.13. The second-order valence-electron chi connectivity index (χ2n) is 4.89. The van der Waals surface area contributed by atoms with E-state index in [1.165, 1.54) is 6.07 Å². The molecule has 1 unspecified atom stereocenters. The monoisotopic (exact) mass is 333 g/mol. The van der Waals surface area contributed by atoms with Crippen LogP contribution in [0.15, 0.2) is 23.1 Å². The first-order chi connectivity index (χ1) is 9.90. The molecule has 1 atom stereocenters. The Morgan fingerprint density at radius 2 is 2.14 bits per heavy atom.